The number of nitrogens with zero attached hydrogens (tertiary/aromatic N) is 2. The zero-order valence-electron chi connectivity index (χ0n) is 19.2. The molecule has 0 amide bonds. The number of benzene rings is 4. The van der Waals surface area contributed by atoms with Crippen molar-refractivity contribution in [3.8, 4) is 22.4 Å². The summed E-state index contributed by atoms with van der Waals surface area (Å²) in [5.74, 6) is -0.323. The van der Waals surface area contributed by atoms with Gasteiger partial charge in [0.1, 0.15) is 40.0 Å². The molecule has 0 aliphatic carbocycles. The van der Waals surface area contributed by atoms with Crippen molar-refractivity contribution in [3.05, 3.63) is 96.7 Å². The van der Waals surface area contributed by atoms with E-state index in [1.165, 1.54) is 6.07 Å². The summed E-state index contributed by atoms with van der Waals surface area (Å²) in [6.07, 6.45) is 3.54. The molecule has 7 aromatic rings. The molecule has 3 heterocycles. The number of para-hydroxylation sites is 1. The van der Waals surface area contributed by atoms with Crippen LogP contribution in [0.2, 0.25) is 0 Å². The van der Waals surface area contributed by atoms with E-state index in [-0.39, 0.29) is 5.82 Å². The lowest BCUT2D eigenvalue weighted by Gasteiger charge is -2.06. The average molecular weight is 460 g/mol. The van der Waals surface area contributed by atoms with Gasteiger partial charge in [0.05, 0.1) is 18.2 Å². The van der Waals surface area contributed by atoms with Crippen molar-refractivity contribution in [1.29, 1.82) is 0 Å². The number of hydrogen-bond donors (Lipinski definition) is 0. The average Bonchev–Trinajstić information content (AvgIpc) is 3.42. The van der Waals surface area contributed by atoms with Crippen molar-refractivity contribution in [2.75, 3.05) is 0 Å². The number of furan rings is 2. The van der Waals surface area contributed by atoms with Crippen LogP contribution in [0.3, 0.4) is 0 Å². The Morgan fingerprint density at radius 2 is 1.51 bits per heavy atom. The molecule has 5 heteroatoms. The maximum Gasteiger partial charge on any atom is 0.286 e. The van der Waals surface area contributed by atoms with E-state index < -0.39 is 0 Å². The zero-order chi connectivity index (χ0) is 23.7. The van der Waals surface area contributed by atoms with Gasteiger partial charge in [-0.05, 0) is 48.4 Å². The minimum absolute atomic E-state index is 0.323. The Balaban J connectivity index is 1.55. The summed E-state index contributed by atoms with van der Waals surface area (Å²) >= 11 is 0. The first-order chi connectivity index (χ1) is 17.1. The molecule has 0 saturated carbocycles. The predicted octanol–water partition coefficient (Wildman–Crippen LogP) is 7.49. The van der Waals surface area contributed by atoms with Crippen molar-refractivity contribution in [3.63, 3.8) is 0 Å². The molecule has 0 atom stereocenters. The lowest BCUT2D eigenvalue weighted by molar-refractivity contribution is -0.663. The highest BCUT2D eigenvalue weighted by Gasteiger charge is 2.22. The molecule has 4 nitrogen and oxygen atoms in total. The monoisotopic (exact) mass is 459 g/mol. The minimum Gasteiger partial charge on any atom is -0.456 e. The van der Waals surface area contributed by atoms with Gasteiger partial charge in [-0.25, -0.2) is 8.96 Å². The van der Waals surface area contributed by atoms with Crippen LogP contribution in [0, 0.1) is 12.7 Å². The smallest absolute Gasteiger partial charge is 0.286 e. The molecule has 0 aliphatic heterocycles. The number of aryl methyl sites for hydroxylation is 2. The molecule has 168 valence electrons. The molecule has 4 aromatic carbocycles. The lowest BCUT2D eigenvalue weighted by atomic mass is 9.98. The zero-order valence-corrected chi connectivity index (χ0v) is 19.2. The van der Waals surface area contributed by atoms with E-state index >= 15 is 4.39 Å². The second-order valence-electron chi connectivity index (χ2n) is 8.92. The van der Waals surface area contributed by atoms with Gasteiger partial charge in [0, 0.05) is 27.6 Å². The minimum atomic E-state index is -0.323. The molecule has 7 rings (SSSR count). The maximum absolute atomic E-state index is 15.4. The van der Waals surface area contributed by atoms with E-state index in [2.05, 4.69) is 24.0 Å². The standard InChI is InChI=1S/C30H20FN2O2/c1-17-7-9-20-21-10-11-23(31)28(30(21)35-29(20)27(17)24-13-14-32-16-33(24)2)18-8-12-26-22(15-18)19-5-3-4-6-25(19)34-26/h3-16H,1-2H3/q+1. The lowest BCUT2D eigenvalue weighted by Crippen LogP contribution is -2.31. The topological polar surface area (TPSA) is 43.1 Å². The van der Waals surface area contributed by atoms with E-state index in [0.717, 1.165) is 60.7 Å². The summed E-state index contributed by atoms with van der Waals surface area (Å²) in [6, 6.07) is 23.1. The Morgan fingerprint density at radius 1 is 0.743 bits per heavy atom. The fourth-order valence-corrected chi connectivity index (χ4v) is 5.14. The number of fused-ring (bicyclic) bond motifs is 6. The second-order valence-corrected chi connectivity index (χ2v) is 8.92. The van der Waals surface area contributed by atoms with Crippen LogP contribution in [0.1, 0.15) is 5.56 Å². The highest BCUT2D eigenvalue weighted by molar-refractivity contribution is 6.14. The summed E-state index contributed by atoms with van der Waals surface area (Å²) in [7, 11) is 1.96. The van der Waals surface area contributed by atoms with Crippen LogP contribution in [0.25, 0.3) is 66.3 Å². The summed E-state index contributed by atoms with van der Waals surface area (Å²) in [4.78, 5) is 4.21. The van der Waals surface area contributed by atoms with Gasteiger partial charge in [-0.3, -0.25) is 0 Å². The molecule has 0 radical (unpaired) electrons. The van der Waals surface area contributed by atoms with E-state index in [0.29, 0.717) is 11.1 Å². The highest BCUT2D eigenvalue weighted by atomic mass is 19.1. The number of aromatic nitrogens is 2. The van der Waals surface area contributed by atoms with Gasteiger partial charge in [-0.15, -0.1) is 0 Å². The molecule has 0 N–H and O–H groups in total. The predicted molar refractivity (Wildman–Crippen MR) is 136 cm³/mol. The van der Waals surface area contributed by atoms with E-state index in [4.69, 9.17) is 8.83 Å². The first kappa shape index (κ1) is 19.9. The third-order valence-electron chi connectivity index (χ3n) is 6.83. The van der Waals surface area contributed by atoms with Crippen LogP contribution in [0.4, 0.5) is 4.39 Å². The summed E-state index contributed by atoms with van der Waals surface area (Å²) < 4.78 is 29.9. The molecular weight excluding hydrogens is 439 g/mol. The summed E-state index contributed by atoms with van der Waals surface area (Å²) in [5.41, 5.74) is 7.10. The molecule has 0 spiro atoms. The highest BCUT2D eigenvalue weighted by Crippen LogP contribution is 2.42. The van der Waals surface area contributed by atoms with Crippen molar-refractivity contribution in [2.45, 2.75) is 6.92 Å². The largest absolute Gasteiger partial charge is 0.456 e. The van der Waals surface area contributed by atoms with Crippen LogP contribution < -0.4 is 4.57 Å². The van der Waals surface area contributed by atoms with Crippen molar-refractivity contribution in [2.24, 2.45) is 7.05 Å². The van der Waals surface area contributed by atoms with Gasteiger partial charge in [0.25, 0.3) is 6.33 Å². The molecule has 0 unspecified atom stereocenters. The van der Waals surface area contributed by atoms with Crippen LogP contribution in [-0.4, -0.2) is 4.98 Å². The second kappa shape index (κ2) is 7.24. The van der Waals surface area contributed by atoms with Crippen molar-refractivity contribution < 1.29 is 17.8 Å². The number of rotatable bonds is 2. The molecule has 0 fully saturated rings. The Kier molecular flexibility index (Phi) is 4.12. The van der Waals surface area contributed by atoms with Gasteiger partial charge < -0.3 is 8.83 Å². The van der Waals surface area contributed by atoms with Gasteiger partial charge >= 0.3 is 0 Å². The number of hydrogen-bond acceptors (Lipinski definition) is 3. The van der Waals surface area contributed by atoms with Gasteiger partial charge in [0.2, 0.25) is 0 Å². The molecule has 0 aliphatic rings. The SMILES string of the molecule is Cc1ccc2c(oc3c(-c4ccc5oc6ccccc6c5c4)c(F)ccc32)c1-c1ccnc[n+]1C. The van der Waals surface area contributed by atoms with Crippen molar-refractivity contribution in [1.82, 2.24) is 4.98 Å². The summed E-state index contributed by atoms with van der Waals surface area (Å²) in [6.45, 7) is 2.06. The van der Waals surface area contributed by atoms with Crippen molar-refractivity contribution >= 4 is 43.9 Å². The number of halogens is 1. The third kappa shape index (κ3) is 2.85. The Morgan fingerprint density at radius 3 is 2.37 bits per heavy atom. The Labute approximate surface area is 199 Å². The molecule has 0 saturated heterocycles. The van der Waals surface area contributed by atoms with Gasteiger partial charge in [-0.2, -0.15) is 0 Å². The van der Waals surface area contributed by atoms with Crippen LogP contribution in [0.5, 0.6) is 0 Å². The van der Waals surface area contributed by atoms with Crippen LogP contribution >= 0.6 is 0 Å². The normalized spacial score (nSPS) is 11.9. The first-order valence-corrected chi connectivity index (χ1v) is 11.5. The maximum atomic E-state index is 15.4. The van der Waals surface area contributed by atoms with Gasteiger partial charge in [0.15, 0.2) is 0 Å². The van der Waals surface area contributed by atoms with Crippen LogP contribution in [0.15, 0.2) is 94.2 Å². The fourth-order valence-electron chi connectivity index (χ4n) is 5.14. The molecule has 35 heavy (non-hydrogen) atoms. The first-order valence-electron chi connectivity index (χ1n) is 11.5. The molecular formula is C30H20FN2O2+. The fraction of sp³-hybridized carbons (Fsp3) is 0.0667. The Hall–Kier alpha value is -4.51. The summed E-state index contributed by atoms with van der Waals surface area (Å²) in [5, 5.41) is 3.79. The third-order valence-corrected chi connectivity index (χ3v) is 6.83. The quantitative estimate of drug-likeness (QED) is 0.252. The van der Waals surface area contributed by atoms with Gasteiger partial charge in [-0.1, -0.05) is 41.4 Å². The molecule has 3 aromatic heterocycles. The van der Waals surface area contributed by atoms with E-state index in [1.54, 1.807) is 18.6 Å². The molecule has 0 bridgehead atoms. The van der Waals surface area contributed by atoms with E-state index in [9.17, 15) is 0 Å². The van der Waals surface area contributed by atoms with E-state index in [1.807, 2.05) is 60.1 Å². The Bertz CT molecular complexity index is 1950. The van der Waals surface area contributed by atoms with Crippen LogP contribution in [-0.2, 0) is 7.05 Å².